The highest BCUT2D eigenvalue weighted by Crippen LogP contribution is 2.21. The van der Waals surface area contributed by atoms with Crippen molar-refractivity contribution in [1.82, 2.24) is 10.3 Å². The topological polar surface area (TPSA) is 116 Å². The van der Waals surface area contributed by atoms with E-state index in [4.69, 9.17) is 9.15 Å². The Hall–Kier alpha value is -2.68. The van der Waals surface area contributed by atoms with Gasteiger partial charge in [-0.1, -0.05) is 18.2 Å². The summed E-state index contributed by atoms with van der Waals surface area (Å²) in [6, 6.07) is 8.64. The summed E-state index contributed by atoms with van der Waals surface area (Å²) in [6.07, 6.45) is 0.366. The summed E-state index contributed by atoms with van der Waals surface area (Å²) < 4.78 is 33.2. The van der Waals surface area contributed by atoms with Crippen LogP contribution in [0.15, 0.2) is 34.7 Å². The maximum atomic E-state index is 12.1. The van der Waals surface area contributed by atoms with Crippen LogP contribution in [-0.4, -0.2) is 49.4 Å². The van der Waals surface area contributed by atoms with Gasteiger partial charge in [0.1, 0.15) is 5.76 Å². The molecular weight excluding hydrogens is 360 g/mol. The minimum Gasteiger partial charge on any atom is -0.451 e. The van der Waals surface area contributed by atoms with E-state index in [0.717, 1.165) is 5.56 Å². The Balaban J connectivity index is 1.57. The Morgan fingerprint density at radius 1 is 1.31 bits per heavy atom. The summed E-state index contributed by atoms with van der Waals surface area (Å²) in [7, 11) is -3.09. The minimum atomic E-state index is -3.09. The maximum absolute atomic E-state index is 12.1. The fourth-order valence-corrected chi connectivity index (χ4v) is 4.34. The van der Waals surface area contributed by atoms with Gasteiger partial charge in [-0.05, 0) is 25.5 Å². The van der Waals surface area contributed by atoms with E-state index in [1.54, 1.807) is 19.1 Å². The van der Waals surface area contributed by atoms with Crippen LogP contribution in [0.25, 0.3) is 11.5 Å². The number of aromatic nitrogens is 1. The van der Waals surface area contributed by atoms with Crippen molar-refractivity contribution < 1.29 is 27.2 Å². The number of benzene rings is 1. The lowest BCUT2D eigenvalue weighted by Crippen LogP contribution is -2.38. The standard InChI is InChI=1S/C17H18N2O6S/c1-11-15(19-16(25-11)12-5-3-2-4-6-12)17(21)24-9-14(20)18-13-7-8-26(22,23)10-13/h2-6,13H,7-10H2,1H3,(H,18,20)/t13-/m1/s1. The van der Waals surface area contributed by atoms with Gasteiger partial charge in [0.2, 0.25) is 5.89 Å². The second-order valence-electron chi connectivity index (χ2n) is 6.03. The average molecular weight is 378 g/mol. The molecular formula is C17H18N2O6S. The lowest BCUT2D eigenvalue weighted by Gasteiger charge is -2.10. The molecule has 1 aromatic carbocycles. The van der Waals surface area contributed by atoms with Gasteiger partial charge in [0, 0.05) is 11.6 Å². The fraction of sp³-hybridized carbons (Fsp3) is 0.353. The number of ether oxygens (including phenoxy) is 1. The van der Waals surface area contributed by atoms with Crippen LogP contribution < -0.4 is 5.32 Å². The Labute approximate surface area is 150 Å². The molecule has 1 fully saturated rings. The van der Waals surface area contributed by atoms with Crippen molar-refractivity contribution in [1.29, 1.82) is 0 Å². The number of hydrogen-bond acceptors (Lipinski definition) is 7. The molecule has 1 saturated heterocycles. The number of carbonyl (C=O) groups is 2. The number of nitrogens with zero attached hydrogens (tertiary/aromatic N) is 1. The molecule has 0 aliphatic carbocycles. The van der Waals surface area contributed by atoms with Gasteiger partial charge in [0.25, 0.3) is 5.91 Å². The van der Waals surface area contributed by atoms with E-state index in [9.17, 15) is 18.0 Å². The van der Waals surface area contributed by atoms with Crippen LogP contribution in [-0.2, 0) is 19.4 Å². The van der Waals surface area contributed by atoms with Crippen LogP contribution >= 0.6 is 0 Å². The molecule has 1 N–H and O–H groups in total. The number of rotatable bonds is 5. The third-order valence-corrected chi connectivity index (χ3v) is 5.71. The highest BCUT2D eigenvalue weighted by Gasteiger charge is 2.29. The molecule has 9 heteroatoms. The van der Waals surface area contributed by atoms with Crippen molar-refractivity contribution in [2.24, 2.45) is 0 Å². The zero-order chi connectivity index (χ0) is 18.7. The van der Waals surface area contributed by atoms with Gasteiger partial charge in [0.05, 0.1) is 11.5 Å². The van der Waals surface area contributed by atoms with Crippen LogP contribution in [0.5, 0.6) is 0 Å². The second-order valence-corrected chi connectivity index (χ2v) is 8.26. The normalized spacial score (nSPS) is 18.4. The van der Waals surface area contributed by atoms with Crippen molar-refractivity contribution in [3.8, 4) is 11.5 Å². The highest BCUT2D eigenvalue weighted by molar-refractivity contribution is 7.91. The summed E-state index contributed by atoms with van der Waals surface area (Å²) in [5.41, 5.74) is 0.718. The summed E-state index contributed by atoms with van der Waals surface area (Å²) in [5.74, 6) is -0.785. The molecule has 0 bridgehead atoms. The molecule has 1 atom stereocenters. The van der Waals surface area contributed by atoms with Crippen LogP contribution in [0.1, 0.15) is 22.7 Å². The van der Waals surface area contributed by atoms with Crippen LogP contribution in [0.4, 0.5) is 0 Å². The molecule has 0 unspecified atom stereocenters. The van der Waals surface area contributed by atoms with Crippen molar-refractivity contribution in [2.45, 2.75) is 19.4 Å². The van der Waals surface area contributed by atoms with Crippen molar-refractivity contribution >= 4 is 21.7 Å². The molecule has 1 amide bonds. The third-order valence-electron chi connectivity index (χ3n) is 3.94. The SMILES string of the molecule is Cc1oc(-c2ccccc2)nc1C(=O)OCC(=O)N[C@@H]1CCS(=O)(=O)C1. The van der Waals surface area contributed by atoms with Gasteiger partial charge in [-0.25, -0.2) is 18.2 Å². The molecule has 0 radical (unpaired) electrons. The lowest BCUT2D eigenvalue weighted by molar-refractivity contribution is -0.124. The first-order chi connectivity index (χ1) is 12.3. The van der Waals surface area contributed by atoms with Gasteiger partial charge in [-0.3, -0.25) is 4.79 Å². The summed E-state index contributed by atoms with van der Waals surface area (Å²) in [5, 5.41) is 2.55. The predicted molar refractivity (Wildman–Crippen MR) is 92.2 cm³/mol. The second kappa shape index (κ2) is 7.28. The summed E-state index contributed by atoms with van der Waals surface area (Å²) >= 11 is 0. The van der Waals surface area contributed by atoms with Gasteiger partial charge < -0.3 is 14.5 Å². The zero-order valence-corrected chi connectivity index (χ0v) is 14.9. The van der Waals surface area contributed by atoms with Crippen molar-refractivity contribution in [3.05, 3.63) is 41.8 Å². The largest absolute Gasteiger partial charge is 0.451 e. The number of aryl methyl sites for hydroxylation is 1. The first kappa shape index (κ1) is 18.1. The van der Waals surface area contributed by atoms with E-state index in [-0.39, 0.29) is 28.9 Å². The molecule has 2 heterocycles. The summed E-state index contributed by atoms with van der Waals surface area (Å²) in [6.45, 7) is 1.07. The van der Waals surface area contributed by atoms with Crippen LogP contribution in [0.2, 0.25) is 0 Å². The molecule has 0 saturated carbocycles. The molecule has 1 aromatic heterocycles. The van der Waals surface area contributed by atoms with Crippen molar-refractivity contribution in [2.75, 3.05) is 18.1 Å². The first-order valence-electron chi connectivity index (χ1n) is 8.04. The number of amides is 1. The average Bonchev–Trinajstić information content (AvgIpc) is 3.15. The molecule has 1 aliphatic heterocycles. The van der Waals surface area contributed by atoms with E-state index in [1.165, 1.54) is 0 Å². The Bertz CT molecular complexity index is 920. The number of carbonyl (C=O) groups excluding carboxylic acids is 2. The van der Waals surface area contributed by atoms with E-state index in [0.29, 0.717) is 6.42 Å². The smallest absolute Gasteiger partial charge is 0.361 e. The van der Waals surface area contributed by atoms with E-state index in [2.05, 4.69) is 10.3 Å². The molecule has 3 rings (SSSR count). The van der Waals surface area contributed by atoms with Gasteiger partial charge in [-0.15, -0.1) is 0 Å². The van der Waals surface area contributed by atoms with Gasteiger partial charge in [-0.2, -0.15) is 0 Å². The van der Waals surface area contributed by atoms with Gasteiger partial charge >= 0.3 is 5.97 Å². The molecule has 0 spiro atoms. The van der Waals surface area contributed by atoms with E-state index >= 15 is 0 Å². The first-order valence-corrected chi connectivity index (χ1v) is 9.86. The van der Waals surface area contributed by atoms with E-state index in [1.807, 2.05) is 18.2 Å². The number of nitrogens with one attached hydrogen (secondary N) is 1. The number of sulfone groups is 1. The molecule has 1 aliphatic rings. The van der Waals surface area contributed by atoms with Crippen LogP contribution in [0, 0.1) is 6.92 Å². The Morgan fingerprint density at radius 2 is 2.04 bits per heavy atom. The molecule has 2 aromatic rings. The van der Waals surface area contributed by atoms with Crippen molar-refractivity contribution in [3.63, 3.8) is 0 Å². The predicted octanol–water partition coefficient (Wildman–Crippen LogP) is 1.11. The van der Waals surface area contributed by atoms with Gasteiger partial charge in [0.15, 0.2) is 22.1 Å². The lowest BCUT2D eigenvalue weighted by atomic mass is 10.2. The monoisotopic (exact) mass is 378 g/mol. The third kappa shape index (κ3) is 4.29. The molecule has 26 heavy (non-hydrogen) atoms. The molecule has 8 nitrogen and oxygen atoms in total. The maximum Gasteiger partial charge on any atom is 0.361 e. The molecule has 138 valence electrons. The number of oxazole rings is 1. The zero-order valence-electron chi connectivity index (χ0n) is 14.1. The Morgan fingerprint density at radius 3 is 2.69 bits per heavy atom. The summed E-state index contributed by atoms with van der Waals surface area (Å²) in [4.78, 5) is 28.1. The van der Waals surface area contributed by atoms with Crippen LogP contribution in [0.3, 0.4) is 0 Å². The number of hydrogen-bond donors (Lipinski definition) is 1. The van der Waals surface area contributed by atoms with E-state index < -0.39 is 34.4 Å². The number of esters is 1. The minimum absolute atomic E-state index is 0.0000900. The quantitative estimate of drug-likeness (QED) is 0.775. The fourth-order valence-electron chi connectivity index (χ4n) is 2.67. The highest BCUT2D eigenvalue weighted by atomic mass is 32.2. The Kier molecular flexibility index (Phi) is 5.08.